The van der Waals surface area contributed by atoms with Crippen molar-refractivity contribution in [2.24, 2.45) is 0 Å². The molecule has 1 saturated carbocycles. The lowest BCUT2D eigenvalue weighted by atomic mass is 10.0. The second-order valence-corrected chi connectivity index (χ2v) is 8.22. The van der Waals surface area contributed by atoms with E-state index >= 15 is 0 Å². The number of alkyl halides is 3. The SMILES string of the molecule is O=C1c2ccccc2C(=O)N1CC(=O)N(C1CC1)C(c1cccc(Br)c1F)C(F)(F)F. The first-order valence-electron chi connectivity index (χ1n) is 9.38. The molecule has 0 saturated heterocycles. The molecule has 0 bridgehead atoms. The molecule has 1 heterocycles. The molecule has 2 aliphatic rings. The molecule has 1 fully saturated rings. The van der Waals surface area contributed by atoms with Gasteiger partial charge in [0.1, 0.15) is 12.4 Å². The standard InChI is InChI=1S/C21H15BrF4N2O3/c22-15-7-3-6-14(17(15)23)18(21(24,25)26)28(11-8-9-11)16(29)10-27-19(30)12-4-1-2-5-13(12)20(27)31/h1-7,11,18H,8-10H2. The highest BCUT2D eigenvalue weighted by atomic mass is 79.9. The number of amides is 3. The highest BCUT2D eigenvalue weighted by Gasteiger charge is 2.52. The summed E-state index contributed by atoms with van der Waals surface area (Å²) in [6, 6.07) is 6.09. The van der Waals surface area contributed by atoms with Gasteiger partial charge in [0.2, 0.25) is 5.91 Å². The third kappa shape index (κ3) is 3.84. The molecule has 3 amide bonds. The number of hydrogen-bond acceptors (Lipinski definition) is 3. The summed E-state index contributed by atoms with van der Waals surface area (Å²) in [7, 11) is 0. The molecule has 162 valence electrons. The molecule has 1 unspecified atom stereocenters. The van der Waals surface area contributed by atoms with Gasteiger partial charge in [0.15, 0.2) is 6.04 Å². The lowest BCUT2D eigenvalue weighted by molar-refractivity contribution is -0.194. The van der Waals surface area contributed by atoms with E-state index in [1.807, 2.05) is 0 Å². The minimum absolute atomic E-state index is 0.0867. The largest absolute Gasteiger partial charge is 0.413 e. The van der Waals surface area contributed by atoms with E-state index < -0.39 is 53.9 Å². The van der Waals surface area contributed by atoms with Gasteiger partial charge in [0.05, 0.1) is 15.6 Å². The Hall–Kier alpha value is -2.75. The Morgan fingerprint density at radius 1 is 1.06 bits per heavy atom. The lowest BCUT2D eigenvalue weighted by Gasteiger charge is -2.34. The Kier molecular flexibility index (Phi) is 5.36. The molecule has 10 heteroatoms. The van der Waals surface area contributed by atoms with Crippen molar-refractivity contribution < 1.29 is 31.9 Å². The van der Waals surface area contributed by atoms with Crippen molar-refractivity contribution in [3.63, 3.8) is 0 Å². The van der Waals surface area contributed by atoms with Crippen LogP contribution in [0.15, 0.2) is 46.9 Å². The van der Waals surface area contributed by atoms with Crippen molar-refractivity contribution in [1.82, 2.24) is 9.80 Å². The number of hydrogen-bond donors (Lipinski definition) is 0. The fraction of sp³-hybridized carbons (Fsp3) is 0.286. The van der Waals surface area contributed by atoms with E-state index in [1.165, 1.54) is 24.3 Å². The topological polar surface area (TPSA) is 57.7 Å². The van der Waals surface area contributed by atoms with Gasteiger partial charge in [-0.1, -0.05) is 24.3 Å². The van der Waals surface area contributed by atoms with Gasteiger partial charge in [-0.05, 0) is 47.0 Å². The molecule has 1 aliphatic carbocycles. The van der Waals surface area contributed by atoms with Crippen LogP contribution in [0.1, 0.15) is 45.2 Å². The Bertz CT molecular complexity index is 1050. The molecule has 0 N–H and O–H groups in total. The fourth-order valence-electron chi connectivity index (χ4n) is 3.73. The average Bonchev–Trinajstić information content (AvgIpc) is 3.52. The van der Waals surface area contributed by atoms with Crippen LogP contribution < -0.4 is 0 Å². The fourth-order valence-corrected chi connectivity index (χ4v) is 4.11. The maximum atomic E-state index is 14.6. The van der Waals surface area contributed by atoms with Gasteiger partial charge in [-0.3, -0.25) is 19.3 Å². The summed E-state index contributed by atoms with van der Waals surface area (Å²) in [5, 5.41) is 0. The Labute approximate surface area is 182 Å². The van der Waals surface area contributed by atoms with Crippen LogP contribution in [-0.4, -0.2) is 46.3 Å². The molecular formula is C21H15BrF4N2O3. The first-order chi connectivity index (χ1) is 14.6. The molecule has 1 atom stereocenters. The number of benzene rings is 2. The summed E-state index contributed by atoms with van der Waals surface area (Å²) in [4.78, 5) is 39.3. The van der Waals surface area contributed by atoms with E-state index in [4.69, 9.17) is 0 Å². The molecule has 0 aromatic heterocycles. The van der Waals surface area contributed by atoms with Gasteiger partial charge in [0, 0.05) is 11.6 Å². The maximum absolute atomic E-state index is 14.6. The first kappa shape index (κ1) is 21.5. The minimum atomic E-state index is -4.97. The van der Waals surface area contributed by atoms with Crippen molar-refractivity contribution in [2.45, 2.75) is 31.1 Å². The Balaban J connectivity index is 1.68. The van der Waals surface area contributed by atoms with Crippen molar-refractivity contribution in [2.75, 3.05) is 6.54 Å². The Morgan fingerprint density at radius 2 is 1.65 bits per heavy atom. The zero-order chi connectivity index (χ0) is 22.5. The molecular weight excluding hydrogens is 484 g/mol. The number of carbonyl (C=O) groups is 3. The normalized spacial score (nSPS) is 17.0. The van der Waals surface area contributed by atoms with E-state index in [9.17, 15) is 31.9 Å². The molecule has 31 heavy (non-hydrogen) atoms. The molecule has 5 nitrogen and oxygen atoms in total. The number of carbonyl (C=O) groups excluding carboxylic acids is 3. The first-order valence-corrected chi connectivity index (χ1v) is 10.2. The van der Waals surface area contributed by atoms with E-state index in [-0.39, 0.29) is 15.6 Å². The number of halogens is 5. The predicted octanol–water partition coefficient (Wildman–Crippen LogP) is 4.48. The van der Waals surface area contributed by atoms with Gasteiger partial charge < -0.3 is 4.90 Å². The van der Waals surface area contributed by atoms with Gasteiger partial charge in [-0.25, -0.2) is 4.39 Å². The summed E-state index contributed by atoms with van der Waals surface area (Å²) in [6.45, 7) is -0.856. The third-order valence-electron chi connectivity index (χ3n) is 5.26. The molecule has 2 aromatic carbocycles. The van der Waals surface area contributed by atoms with Crippen molar-refractivity contribution >= 4 is 33.7 Å². The van der Waals surface area contributed by atoms with Crippen molar-refractivity contribution in [3.8, 4) is 0 Å². The summed E-state index contributed by atoms with van der Waals surface area (Å²) >= 11 is 2.88. The van der Waals surface area contributed by atoms with Gasteiger partial charge in [0.25, 0.3) is 11.8 Å². The van der Waals surface area contributed by atoms with Crippen LogP contribution in [0.5, 0.6) is 0 Å². The predicted molar refractivity (Wildman–Crippen MR) is 105 cm³/mol. The van der Waals surface area contributed by atoms with Crippen LogP contribution in [-0.2, 0) is 4.79 Å². The average molecular weight is 499 g/mol. The van der Waals surface area contributed by atoms with Gasteiger partial charge in [-0.2, -0.15) is 13.2 Å². The van der Waals surface area contributed by atoms with E-state index in [1.54, 1.807) is 12.1 Å². The minimum Gasteiger partial charge on any atom is -0.322 e. The van der Waals surface area contributed by atoms with Gasteiger partial charge in [-0.15, -0.1) is 0 Å². The molecule has 0 spiro atoms. The highest BCUT2D eigenvalue weighted by molar-refractivity contribution is 9.10. The van der Waals surface area contributed by atoms with E-state index in [2.05, 4.69) is 15.9 Å². The van der Waals surface area contributed by atoms with Crippen LogP contribution >= 0.6 is 15.9 Å². The lowest BCUT2D eigenvalue weighted by Crippen LogP contribution is -2.49. The molecule has 1 aliphatic heterocycles. The summed E-state index contributed by atoms with van der Waals surface area (Å²) in [6.07, 6.45) is -4.34. The summed E-state index contributed by atoms with van der Waals surface area (Å²) < 4.78 is 56.7. The van der Waals surface area contributed by atoms with Crippen LogP contribution in [0.2, 0.25) is 0 Å². The zero-order valence-electron chi connectivity index (χ0n) is 15.8. The van der Waals surface area contributed by atoms with Crippen LogP contribution in [0, 0.1) is 5.82 Å². The summed E-state index contributed by atoms with van der Waals surface area (Å²) in [5.74, 6) is -3.69. The maximum Gasteiger partial charge on any atom is 0.413 e. The number of imide groups is 1. The Morgan fingerprint density at radius 3 is 2.16 bits per heavy atom. The number of fused-ring (bicyclic) bond motifs is 1. The van der Waals surface area contributed by atoms with E-state index in [0.29, 0.717) is 22.6 Å². The summed E-state index contributed by atoms with van der Waals surface area (Å²) in [5.41, 5.74) is -0.531. The van der Waals surface area contributed by atoms with Crippen LogP contribution in [0.3, 0.4) is 0 Å². The molecule has 4 rings (SSSR count). The second kappa shape index (κ2) is 7.74. The van der Waals surface area contributed by atoms with E-state index in [0.717, 1.165) is 6.07 Å². The number of nitrogens with zero attached hydrogens (tertiary/aromatic N) is 2. The van der Waals surface area contributed by atoms with Crippen molar-refractivity contribution in [1.29, 1.82) is 0 Å². The smallest absolute Gasteiger partial charge is 0.322 e. The molecule has 2 aromatic rings. The van der Waals surface area contributed by atoms with Gasteiger partial charge >= 0.3 is 6.18 Å². The number of rotatable bonds is 5. The van der Waals surface area contributed by atoms with Crippen molar-refractivity contribution in [3.05, 3.63) is 69.4 Å². The molecule has 0 radical (unpaired) electrons. The second-order valence-electron chi connectivity index (χ2n) is 7.36. The third-order valence-corrected chi connectivity index (χ3v) is 5.88. The van der Waals surface area contributed by atoms with Crippen LogP contribution in [0.4, 0.5) is 17.6 Å². The zero-order valence-corrected chi connectivity index (χ0v) is 17.4. The monoisotopic (exact) mass is 498 g/mol. The highest BCUT2D eigenvalue weighted by Crippen LogP contribution is 2.45. The van der Waals surface area contributed by atoms with Crippen LogP contribution in [0.25, 0.3) is 0 Å². The quantitative estimate of drug-likeness (QED) is 0.451.